The summed E-state index contributed by atoms with van der Waals surface area (Å²) in [6.45, 7) is 5.22. The van der Waals surface area contributed by atoms with Gasteiger partial charge in [-0.15, -0.1) is 0 Å². The van der Waals surface area contributed by atoms with Crippen LogP contribution in [-0.2, 0) is 11.3 Å². The zero-order chi connectivity index (χ0) is 17.7. The van der Waals surface area contributed by atoms with Crippen molar-refractivity contribution in [3.63, 3.8) is 0 Å². The zero-order valence-electron chi connectivity index (χ0n) is 14.3. The van der Waals surface area contributed by atoms with Gasteiger partial charge in [0.1, 0.15) is 6.54 Å². The largest absolute Gasteiger partial charge is 0.392 e. The van der Waals surface area contributed by atoms with Crippen LogP contribution in [0.15, 0.2) is 27.6 Å². The molecule has 1 aromatic heterocycles. The normalized spacial score (nSPS) is 17.7. The number of hydrogen-bond donors (Lipinski definition) is 1. The molecule has 1 N–H and O–H groups in total. The molecule has 7 heteroatoms. The van der Waals surface area contributed by atoms with E-state index in [9.17, 15) is 14.7 Å². The standard InChI is InChI=1S/C17H26BrN3O3/c1-13(22)9-20-7-5-14(6-8-20)10-19(2)17(24)12-21-11-15(18)3-4-16(21)23/h3-4,11,13-14,22H,5-10,12H2,1-2H3. The van der Waals surface area contributed by atoms with Gasteiger partial charge in [-0.3, -0.25) is 9.59 Å². The fraction of sp³-hybridized carbons (Fsp3) is 0.647. The van der Waals surface area contributed by atoms with Gasteiger partial charge >= 0.3 is 0 Å². The molecule has 1 unspecified atom stereocenters. The van der Waals surface area contributed by atoms with Gasteiger partial charge in [-0.05, 0) is 60.8 Å². The van der Waals surface area contributed by atoms with Gasteiger partial charge in [-0.25, -0.2) is 0 Å². The van der Waals surface area contributed by atoms with Crippen molar-refractivity contribution in [2.45, 2.75) is 32.4 Å². The first-order valence-corrected chi connectivity index (χ1v) is 9.15. The van der Waals surface area contributed by atoms with Gasteiger partial charge in [0.05, 0.1) is 6.10 Å². The van der Waals surface area contributed by atoms with Crippen LogP contribution in [0, 0.1) is 5.92 Å². The molecule has 6 nitrogen and oxygen atoms in total. The van der Waals surface area contributed by atoms with Gasteiger partial charge < -0.3 is 19.5 Å². The summed E-state index contributed by atoms with van der Waals surface area (Å²) in [4.78, 5) is 28.1. The van der Waals surface area contributed by atoms with E-state index in [0.29, 0.717) is 19.0 Å². The van der Waals surface area contributed by atoms with E-state index in [1.165, 1.54) is 10.6 Å². The van der Waals surface area contributed by atoms with Gasteiger partial charge in [0.25, 0.3) is 5.56 Å². The Morgan fingerprint density at radius 1 is 1.42 bits per heavy atom. The highest BCUT2D eigenvalue weighted by Crippen LogP contribution is 2.18. The van der Waals surface area contributed by atoms with Gasteiger partial charge in [0.2, 0.25) is 5.91 Å². The summed E-state index contributed by atoms with van der Waals surface area (Å²) in [5.41, 5.74) is -0.175. The SMILES string of the molecule is CC(O)CN1CCC(CN(C)C(=O)Cn2cc(Br)ccc2=O)CC1. The number of piperidine rings is 1. The molecule has 134 valence electrons. The van der Waals surface area contributed by atoms with E-state index >= 15 is 0 Å². The first-order valence-electron chi connectivity index (χ1n) is 8.35. The van der Waals surface area contributed by atoms with Crippen molar-refractivity contribution in [3.8, 4) is 0 Å². The number of β-amino-alcohol motifs (C(OH)–C–C–N with tert-alkyl or cyclic N) is 1. The Hall–Kier alpha value is -1.18. The molecule has 2 heterocycles. The molecule has 1 saturated heterocycles. The van der Waals surface area contributed by atoms with Gasteiger partial charge in [-0.1, -0.05) is 0 Å². The molecule has 1 atom stereocenters. The third-order valence-corrected chi connectivity index (χ3v) is 4.91. The second-order valence-electron chi connectivity index (χ2n) is 6.68. The lowest BCUT2D eigenvalue weighted by molar-refractivity contribution is -0.131. The van der Waals surface area contributed by atoms with E-state index in [4.69, 9.17) is 0 Å². The highest BCUT2D eigenvalue weighted by Gasteiger charge is 2.22. The molecule has 1 aliphatic heterocycles. The first-order chi connectivity index (χ1) is 11.3. The molecule has 1 aromatic rings. The number of rotatable bonds is 6. The van der Waals surface area contributed by atoms with Crippen LogP contribution in [0.1, 0.15) is 19.8 Å². The molecular weight excluding hydrogens is 374 g/mol. The van der Waals surface area contributed by atoms with Gasteiger partial charge in [-0.2, -0.15) is 0 Å². The van der Waals surface area contributed by atoms with Crippen molar-refractivity contribution in [2.24, 2.45) is 5.92 Å². The summed E-state index contributed by atoms with van der Waals surface area (Å²) in [5.74, 6) is 0.421. The molecule has 1 amide bonds. The summed E-state index contributed by atoms with van der Waals surface area (Å²) in [7, 11) is 1.80. The number of hydrogen-bond acceptors (Lipinski definition) is 4. The number of likely N-dealkylation sites (tertiary alicyclic amines) is 1. The summed E-state index contributed by atoms with van der Waals surface area (Å²) in [6.07, 6.45) is 3.40. The van der Waals surface area contributed by atoms with Crippen LogP contribution in [0.3, 0.4) is 0 Å². The Bertz CT molecular complexity index is 609. The molecule has 0 bridgehead atoms. The number of pyridine rings is 1. The molecular formula is C17H26BrN3O3. The maximum absolute atomic E-state index is 12.4. The minimum atomic E-state index is -0.297. The lowest BCUT2D eigenvalue weighted by Crippen LogP contribution is -2.42. The maximum Gasteiger partial charge on any atom is 0.251 e. The van der Waals surface area contributed by atoms with E-state index in [1.807, 2.05) is 6.92 Å². The highest BCUT2D eigenvalue weighted by molar-refractivity contribution is 9.10. The van der Waals surface area contributed by atoms with E-state index in [1.54, 1.807) is 24.2 Å². The van der Waals surface area contributed by atoms with Crippen LogP contribution < -0.4 is 5.56 Å². The Morgan fingerprint density at radius 2 is 2.08 bits per heavy atom. The smallest absolute Gasteiger partial charge is 0.251 e. The van der Waals surface area contributed by atoms with Crippen molar-refractivity contribution < 1.29 is 9.90 Å². The number of halogens is 1. The lowest BCUT2D eigenvalue weighted by atomic mass is 9.96. The van der Waals surface area contributed by atoms with E-state index in [0.717, 1.165) is 30.4 Å². The fourth-order valence-corrected chi connectivity index (χ4v) is 3.49. The van der Waals surface area contributed by atoms with Crippen molar-refractivity contribution in [2.75, 3.05) is 33.2 Å². The number of aliphatic hydroxyl groups is 1. The Kier molecular flexibility index (Phi) is 7.01. The fourth-order valence-electron chi connectivity index (χ4n) is 3.11. The first kappa shape index (κ1) is 19.1. The molecule has 0 radical (unpaired) electrons. The van der Waals surface area contributed by atoms with Crippen LogP contribution in [0.2, 0.25) is 0 Å². The molecule has 24 heavy (non-hydrogen) atoms. The molecule has 0 saturated carbocycles. The van der Waals surface area contributed by atoms with Crippen LogP contribution >= 0.6 is 15.9 Å². The van der Waals surface area contributed by atoms with Crippen molar-refractivity contribution >= 4 is 21.8 Å². The van der Waals surface area contributed by atoms with E-state index in [2.05, 4.69) is 20.8 Å². The van der Waals surface area contributed by atoms with Gasteiger partial charge in [0.15, 0.2) is 0 Å². The third-order valence-electron chi connectivity index (χ3n) is 4.44. The number of nitrogens with zero attached hydrogens (tertiary/aromatic N) is 3. The number of carbonyl (C=O) groups is 1. The Morgan fingerprint density at radius 3 is 2.71 bits per heavy atom. The number of aromatic nitrogens is 1. The van der Waals surface area contributed by atoms with E-state index < -0.39 is 0 Å². The lowest BCUT2D eigenvalue weighted by Gasteiger charge is -2.34. The number of likely N-dealkylation sites (N-methyl/N-ethyl adjacent to an activating group) is 1. The minimum absolute atomic E-state index is 0.0541. The quantitative estimate of drug-likeness (QED) is 0.779. The third kappa shape index (κ3) is 5.72. The maximum atomic E-state index is 12.4. The summed E-state index contributed by atoms with van der Waals surface area (Å²) >= 11 is 3.32. The Balaban J connectivity index is 1.82. The molecule has 0 spiro atoms. The average Bonchev–Trinajstić information content (AvgIpc) is 2.52. The minimum Gasteiger partial charge on any atom is -0.392 e. The molecule has 1 fully saturated rings. The number of carbonyl (C=O) groups excluding carboxylic acids is 1. The van der Waals surface area contributed by atoms with Crippen LogP contribution in [0.4, 0.5) is 0 Å². The number of amides is 1. The predicted octanol–water partition coefficient (Wildman–Crippen LogP) is 1.16. The summed E-state index contributed by atoms with van der Waals surface area (Å²) in [5, 5.41) is 9.45. The Labute approximate surface area is 151 Å². The zero-order valence-corrected chi connectivity index (χ0v) is 15.9. The molecule has 0 aliphatic carbocycles. The van der Waals surface area contributed by atoms with Crippen LogP contribution in [0.5, 0.6) is 0 Å². The molecule has 0 aromatic carbocycles. The summed E-state index contributed by atoms with van der Waals surface area (Å²) < 4.78 is 2.21. The second-order valence-corrected chi connectivity index (χ2v) is 7.60. The van der Waals surface area contributed by atoms with Crippen molar-refractivity contribution in [1.29, 1.82) is 0 Å². The number of aliphatic hydroxyl groups excluding tert-OH is 1. The summed E-state index contributed by atoms with van der Waals surface area (Å²) in [6, 6.07) is 3.13. The van der Waals surface area contributed by atoms with Crippen LogP contribution in [0.25, 0.3) is 0 Å². The topological polar surface area (TPSA) is 65.8 Å². The van der Waals surface area contributed by atoms with Crippen molar-refractivity contribution in [1.82, 2.24) is 14.4 Å². The second kappa shape index (κ2) is 8.78. The highest BCUT2D eigenvalue weighted by atomic mass is 79.9. The molecule has 1 aliphatic rings. The van der Waals surface area contributed by atoms with Crippen LogP contribution in [-0.4, -0.2) is 64.7 Å². The monoisotopic (exact) mass is 399 g/mol. The molecule has 2 rings (SSSR count). The predicted molar refractivity (Wildman–Crippen MR) is 96.9 cm³/mol. The van der Waals surface area contributed by atoms with Crippen molar-refractivity contribution in [3.05, 3.63) is 33.2 Å². The van der Waals surface area contributed by atoms with Gasteiger partial charge in [0, 0.05) is 36.9 Å². The average molecular weight is 400 g/mol. The van der Waals surface area contributed by atoms with E-state index in [-0.39, 0.29) is 24.1 Å².